The minimum absolute atomic E-state index is 0.175. The zero-order chi connectivity index (χ0) is 18.2. The van der Waals surface area contributed by atoms with Gasteiger partial charge in [-0.1, -0.05) is 12.1 Å². The molecule has 1 aromatic rings. The molecule has 1 unspecified atom stereocenters. The fourth-order valence-corrected chi connectivity index (χ4v) is 2.42. The van der Waals surface area contributed by atoms with Crippen molar-refractivity contribution in [1.82, 2.24) is 15.5 Å². The van der Waals surface area contributed by atoms with Gasteiger partial charge in [-0.2, -0.15) is 11.8 Å². The van der Waals surface area contributed by atoms with Gasteiger partial charge in [0.1, 0.15) is 5.75 Å². The Morgan fingerprint density at radius 3 is 2.33 bits per heavy atom. The SMILES string of the molecule is CN=C(NCC(c1ccc(OC)cc1)N(C)C)NCC(C)(C)SC. The molecule has 5 nitrogen and oxygen atoms in total. The molecule has 0 aliphatic rings. The van der Waals surface area contributed by atoms with Gasteiger partial charge in [0.15, 0.2) is 5.96 Å². The van der Waals surface area contributed by atoms with Crippen LogP contribution in [0.25, 0.3) is 0 Å². The van der Waals surface area contributed by atoms with Crippen molar-refractivity contribution in [3.8, 4) is 5.75 Å². The molecular formula is C18H32N4OS. The second-order valence-corrected chi connectivity index (χ2v) is 8.04. The van der Waals surface area contributed by atoms with Gasteiger partial charge in [-0.05, 0) is 51.9 Å². The predicted octanol–water partition coefficient (Wildman–Crippen LogP) is 2.60. The Morgan fingerprint density at radius 2 is 1.88 bits per heavy atom. The van der Waals surface area contributed by atoms with Gasteiger partial charge in [0, 0.05) is 24.9 Å². The van der Waals surface area contributed by atoms with Gasteiger partial charge in [0.05, 0.1) is 13.2 Å². The van der Waals surface area contributed by atoms with E-state index in [-0.39, 0.29) is 10.8 Å². The molecule has 0 fully saturated rings. The van der Waals surface area contributed by atoms with E-state index in [0.29, 0.717) is 0 Å². The Labute approximate surface area is 151 Å². The van der Waals surface area contributed by atoms with Crippen molar-refractivity contribution in [3.05, 3.63) is 29.8 Å². The fourth-order valence-electron chi connectivity index (χ4n) is 2.21. The molecule has 0 saturated carbocycles. The lowest BCUT2D eigenvalue weighted by atomic mass is 10.1. The Hall–Kier alpha value is -1.40. The van der Waals surface area contributed by atoms with Crippen molar-refractivity contribution < 1.29 is 4.74 Å². The highest BCUT2D eigenvalue weighted by molar-refractivity contribution is 7.99. The summed E-state index contributed by atoms with van der Waals surface area (Å²) < 4.78 is 5.41. The largest absolute Gasteiger partial charge is 0.497 e. The van der Waals surface area contributed by atoms with Crippen LogP contribution in [-0.4, -0.2) is 63.2 Å². The lowest BCUT2D eigenvalue weighted by Gasteiger charge is -2.27. The van der Waals surface area contributed by atoms with E-state index in [1.54, 1.807) is 14.2 Å². The van der Waals surface area contributed by atoms with Crippen LogP contribution < -0.4 is 15.4 Å². The highest BCUT2D eigenvalue weighted by Crippen LogP contribution is 2.21. The molecule has 0 spiro atoms. The Kier molecular flexibility index (Phi) is 8.42. The van der Waals surface area contributed by atoms with Gasteiger partial charge >= 0.3 is 0 Å². The number of thioether (sulfide) groups is 1. The molecule has 0 radical (unpaired) electrons. The van der Waals surface area contributed by atoms with Gasteiger partial charge in [0.25, 0.3) is 0 Å². The second-order valence-electron chi connectivity index (χ2n) is 6.52. The van der Waals surface area contributed by atoms with Gasteiger partial charge < -0.3 is 20.3 Å². The summed E-state index contributed by atoms with van der Waals surface area (Å²) in [6.45, 7) is 6.08. The number of likely N-dealkylation sites (N-methyl/N-ethyl adjacent to an activating group) is 1. The van der Waals surface area contributed by atoms with Crippen LogP contribution in [0.2, 0.25) is 0 Å². The molecule has 2 N–H and O–H groups in total. The molecule has 136 valence electrons. The van der Waals surface area contributed by atoms with Crippen LogP contribution in [0, 0.1) is 0 Å². The number of hydrogen-bond acceptors (Lipinski definition) is 4. The molecule has 0 aromatic heterocycles. The van der Waals surface area contributed by atoms with Gasteiger partial charge in [-0.25, -0.2) is 0 Å². The average molecular weight is 353 g/mol. The predicted molar refractivity (Wildman–Crippen MR) is 106 cm³/mol. The zero-order valence-electron chi connectivity index (χ0n) is 16.0. The van der Waals surface area contributed by atoms with Crippen molar-refractivity contribution in [2.24, 2.45) is 4.99 Å². The number of rotatable bonds is 8. The Bertz CT molecular complexity index is 514. The summed E-state index contributed by atoms with van der Waals surface area (Å²) >= 11 is 1.84. The summed E-state index contributed by atoms with van der Waals surface area (Å²) in [7, 11) is 7.67. The number of ether oxygens (including phenoxy) is 1. The van der Waals surface area contributed by atoms with Crippen LogP contribution in [0.5, 0.6) is 5.75 Å². The van der Waals surface area contributed by atoms with Gasteiger partial charge in [0.2, 0.25) is 0 Å². The van der Waals surface area contributed by atoms with Crippen LogP contribution in [0.3, 0.4) is 0 Å². The van der Waals surface area contributed by atoms with E-state index in [9.17, 15) is 0 Å². The minimum Gasteiger partial charge on any atom is -0.497 e. The Balaban J connectivity index is 2.67. The molecule has 0 amide bonds. The van der Waals surface area contributed by atoms with Crippen LogP contribution >= 0.6 is 11.8 Å². The van der Waals surface area contributed by atoms with Crippen molar-refractivity contribution in [2.45, 2.75) is 24.6 Å². The van der Waals surface area contributed by atoms with Crippen molar-refractivity contribution in [2.75, 3.05) is 47.6 Å². The van der Waals surface area contributed by atoms with Crippen molar-refractivity contribution in [3.63, 3.8) is 0 Å². The standard InChI is InChI=1S/C18H32N4OS/c1-18(2,24-7)13-21-17(19-3)20-12-16(22(4)5)14-8-10-15(23-6)11-9-14/h8-11,16H,12-13H2,1-7H3,(H2,19,20,21). The summed E-state index contributed by atoms with van der Waals surface area (Å²) in [4.78, 5) is 6.53. The third kappa shape index (κ3) is 6.61. The molecule has 24 heavy (non-hydrogen) atoms. The van der Waals surface area contributed by atoms with E-state index in [1.165, 1.54) is 5.56 Å². The number of nitrogens with one attached hydrogen (secondary N) is 2. The first-order valence-corrected chi connectivity index (χ1v) is 9.35. The third-order valence-electron chi connectivity index (χ3n) is 4.04. The molecular weight excluding hydrogens is 320 g/mol. The maximum absolute atomic E-state index is 5.24. The first kappa shape index (κ1) is 20.6. The molecule has 1 atom stereocenters. The van der Waals surface area contributed by atoms with Crippen LogP contribution in [0.15, 0.2) is 29.3 Å². The maximum atomic E-state index is 5.24. The van der Waals surface area contributed by atoms with Crippen molar-refractivity contribution >= 4 is 17.7 Å². The first-order valence-electron chi connectivity index (χ1n) is 8.13. The normalized spacial score (nSPS) is 13.8. The molecule has 6 heteroatoms. The van der Waals surface area contributed by atoms with Crippen LogP contribution in [-0.2, 0) is 0 Å². The highest BCUT2D eigenvalue weighted by Gasteiger charge is 2.18. The first-order chi connectivity index (χ1) is 11.3. The number of hydrogen-bond donors (Lipinski definition) is 2. The zero-order valence-corrected chi connectivity index (χ0v) is 16.8. The third-order valence-corrected chi connectivity index (χ3v) is 5.29. The monoisotopic (exact) mass is 352 g/mol. The number of nitrogens with zero attached hydrogens (tertiary/aromatic N) is 2. The Morgan fingerprint density at radius 1 is 1.25 bits per heavy atom. The molecule has 0 saturated heterocycles. The van der Waals surface area contributed by atoms with E-state index in [2.05, 4.69) is 66.9 Å². The summed E-state index contributed by atoms with van der Waals surface area (Å²) in [6, 6.07) is 8.47. The number of aliphatic imine (C=N–C) groups is 1. The lowest BCUT2D eigenvalue weighted by Crippen LogP contribution is -2.45. The van der Waals surface area contributed by atoms with E-state index in [4.69, 9.17) is 4.74 Å². The maximum Gasteiger partial charge on any atom is 0.191 e. The molecule has 0 bridgehead atoms. The van der Waals surface area contributed by atoms with E-state index >= 15 is 0 Å². The van der Waals surface area contributed by atoms with Gasteiger partial charge in [-0.3, -0.25) is 4.99 Å². The minimum atomic E-state index is 0.175. The van der Waals surface area contributed by atoms with E-state index < -0.39 is 0 Å². The lowest BCUT2D eigenvalue weighted by molar-refractivity contribution is 0.298. The summed E-state index contributed by atoms with van der Waals surface area (Å²) in [5, 5.41) is 6.84. The number of benzene rings is 1. The van der Waals surface area contributed by atoms with Crippen molar-refractivity contribution in [1.29, 1.82) is 0 Å². The summed E-state index contributed by atoms with van der Waals surface area (Å²) in [5.74, 6) is 1.71. The summed E-state index contributed by atoms with van der Waals surface area (Å²) in [6.07, 6.45) is 2.13. The summed E-state index contributed by atoms with van der Waals surface area (Å²) in [5.41, 5.74) is 1.24. The topological polar surface area (TPSA) is 48.9 Å². The molecule has 1 rings (SSSR count). The van der Waals surface area contributed by atoms with Crippen LogP contribution in [0.4, 0.5) is 0 Å². The fraction of sp³-hybridized carbons (Fsp3) is 0.611. The van der Waals surface area contributed by atoms with E-state index in [1.807, 2.05) is 23.9 Å². The quantitative estimate of drug-likeness (QED) is 0.556. The molecule has 0 aliphatic carbocycles. The van der Waals surface area contributed by atoms with Crippen LogP contribution in [0.1, 0.15) is 25.5 Å². The molecule has 0 aliphatic heterocycles. The number of methoxy groups -OCH3 is 1. The molecule has 1 aromatic carbocycles. The molecule has 0 heterocycles. The number of guanidine groups is 1. The van der Waals surface area contributed by atoms with E-state index in [0.717, 1.165) is 24.8 Å². The smallest absolute Gasteiger partial charge is 0.191 e. The van der Waals surface area contributed by atoms with Gasteiger partial charge in [-0.15, -0.1) is 0 Å². The average Bonchev–Trinajstić information content (AvgIpc) is 2.58. The highest BCUT2D eigenvalue weighted by atomic mass is 32.2. The second kappa shape index (κ2) is 9.79.